The lowest BCUT2D eigenvalue weighted by Gasteiger charge is -2.42. The highest BCUT2D eigenvalue weighted by molar-refractivity contribution is 6.06. The van der Waals surface area contributed by atoms with Crippen LogP contribution in [0, 0.1) is 5.92 Å². The third-order valence-corrected chi connectivity index (χ3v) is 4.92. The van der Waals surface area contributed by atoms with E-state index in [4.69, 9.17) is 4.74 Å². The maximum atomic E-state index is 12.8. The molecule has 130 valence electrons. The van der Waals surface area contributed by atoms with E-state index in [0.29, 0.717) is 6.42 Å². The minimum Gasteiger partial charge on any atom is -0.443 e. The number of nitrogens with zero attached hydrogens (tertiary/aromatic N) is 1. The molecule has 2 aliphatic rings. The van der Waals surface area contributed by atoms with Crippen molar-refractivity contribution in [1.82, 2.24) is 4.90 Å². The fourth-order valence-electron chi connectivity index (χ4n) is 3.61. The van der Waals surface area contributed by atoms with Crippen molar-refractivity contribution >= 4 is 12.0 Å². The average Bonchev–Trinajstić information content (AvgIpc) is 2.71. The van der Waals surface area contributed by atoms with Crippen molar-refractivity contribution in [2.75, 3.05) is 6.61 Å². The molecule has 5 heteroatoms. The second-order valence-corrected chi connectivity index (χ2v) is 8.13. The summed E-state index contributed by atoms with van der Waals surface area (Å²) in [5, 5.41) is 9.36. The van der Waals surface area contributed by atoms with Gasteiger partial charge in [-0.3, -0.25) is 4.79 Å². The number of aliphatic hydroxyl groups is 1. The van der Waals surface area contributed by atoms with Gasteiger partial charge in [0, 0.05) is 18.6 Å². The molecule has 2 amide bonds. The normalized spacial score (nSPS) is 28.4. The van der Waals surface area contributed by atoms with E-state index in [2.05, 4.69) is 0 Å². The summed E-state index contributed by atoms with van der Waals surface area (Å²) in [6.07, 6.45) is 3.20. The Labute approximate surface area is 138 Å². The Bertz CT molecular complexity index is 518. The monoisotopic (exact) mass is 323 g/mol. The summed E-state index contributed by atoms with van der Waals surface area (Å²) < 4.78 is 5.50. The maximum Gasteiger partial charge on any atom is 0.417 e. The van der Waals surface area contributed by atoms with Gasteiger partial charge in [-0.1, -0.05) is 5.57 Å². The zero-order valence-electron chi connectivity index (χ0n) is 14.9. The molecule has 1 saturated carbocycles. The standard InChI is InChI=1S/C18H29NO4/c1-12(2)14-10-18(8-6-13(11-20)7-9-18)19(15(14)21)16(22)23-17(3,4)5/h13,20H,6-11H2,1-5H3/t13-,18-. The summed E-state index contributed by atoms with van der Waals surface area (Å²) >= 11 is 0. The molecule has 1 saturated heterocycles. The van der Waals surface area contributed by atoms with Crippen LogP contribution < -0.4 is 0 Å². The topological polar surface area (TPSA) is 66.8 Å². The summed E-state index contributed by atoms with van der Waals surface area (Å²) in [4.78, 5) is 26.9. The van der Waals surface area contributed by atoms with Crippen molar-refractivity contribution in [3.05, 3.63) is 11.1 Å². The zero-order valence-corrected chi connectivity index (χ0v) is 14.9. The predicted octanol–water partition coefficient (Wildman–Crippen LogP) is 3.41. The summed E-state index contributed by atoms with van der Waals surface area (Å²) in [6, 6.07) is 0. The summed E-state index contributed by atoms with van der Waals surface area (Å²) in [7, 11) is 0. The Morgan fingerprint density at radius 1 is 1.30 bits per heavy atom. The molecule has 1 spiro atoms. The third kappa shape index (κ3) is 3.60. The van der Waals surface area contributed by atoms with Crippen LogP contribution in [0.1, 0.15) is 66.7 Å². The van der Waals surface area contributed by atoms with Gasteiger partial charge < -0.3 is 9.84 Å². The van der Waals surface area contributed by atoms with Crippen molar-refractivity contribution in [2.45, 2.75) is 77.9 Å². The fraction of sp³-hybridized carbons (Fsp3) is 0.778. The van der Waals surface area contributed by atoms with Crippen LogP contribution in [0.4, 0.5) is 4.79 Å². The molecule has 2 rings (SSSR count). The maximum absolute atomic E-state index is 12.8. The predicted molar refractivity (Wildman–Crippen MR) is 87.8 cm³/mol. The fourth-order valence-corrected chi connectivity index (χ4v) is 3.61. The van der Waals surface area contributed by atoms with E-state index in [0.717, 1.165) is 36.8 Å². The first-order valence-electron chi connectivity index (χ1n) is 8.44. The quantitative estimate of drug-likeness (QED) is 0.751. The lowest BCUT2D eigenvalue weighted by atomic mass is 9.74. The molecule has 0 radical (unpaired) electrons. The van der Waals surface area contributed by atoms with E-state index in [1.807, 2.05) is 34.6 Å². The van der Waals surface area contributed by atoms with Crippen LogP contribution in [0.3, 0.4) is 0 Å². The van der Waals surface area contributed by atoms with E-state index in [9.17, 15) is 14.7 Å². The molecule has 1 heterocycles. The molecular weight excluding hydrogens is 294 g/mol. The van der Waals surface area contributed by atoms with Crippen molar-refractivity contribution in [3.63, 3.8) is 0 Å². The number of carbonyl (C=O) groups excluding carboxylic acids is 2. The summed E-state index contributed by atoms with van der Waals surface area (Å²) in [5.41, 5.74) is 0.592. The third-order valence-electron chi connectivity index (χ3n) is 4.92. The number of aliphatic hydroxyl groups excluding tert-OH is 1. The van der Waals surface area contributed by atoms with Gasteiger partial charge in [-0.25, -0.2) is 9.69 Å². The highest BCUT2D eigenvalue weighted by Gasteiger charge is 2.53. The second-order valence-electron chi connectivity index (χ2n) is 8.13. The van der Waals surface area contributed by atoms with Crippen molar-refractivity contribution in [1.29, 1.82) is 0 Å². The number of ether oxygens (including phenoxy) is 1. The Kier molecular flexibility index (Phi) is 4.90. The first-order valence-corrected chi connectivity index (χ1v) is 8.44. The van der Waals surface area contributed by atoms with Gasteiger partial charge in [0.05, 0.1) is 5.54 Å². The highest BCUT2D eigenvalue weighted by Crippen LogP contribution is 2.47. The van der Waals surface area contributed by atoms with E-state index in [-0.39, 0.29) is 18.4 Å². The number of amides is 2. The van der Waals surface area contributed by atoms with Crippen LogP contribution in [0.15, 0.2) is 11.1 Å². The molecule has 0 aromatic heterocycles. The van der Waals surface area contributed by atoms with Gasteiger partial charge in [0.15, 0.2) is 0 Å². The van der Waals surface area contributed by atoms with Crippen molar-refractivity contribution in [2.24, 2.45) is 5.92 Å². The smallest absolute Gasteiger partial charge is 0.417 e. The number of imide groups is 1. The average molecular weight is 323 g/mol. The minimum atomic E-state index is -0.630. The van der Waals surface area contributed by atoms with E-state index >= 15 is 0 Å². The minimum absolute atomic E-state index is 0.173. The Morgan fingerprint density at radius 2 is 1.87 bits per heavy atom. The van der Waals surface area contributed by atoms with Crippen LogP contribution in [0.5, 0.6) is 0 Å². The number of carbonyl (C=O) groups is 2. The number of allylic oxidation sites excluding steroid dienone is 1. The zero-order chi connectivity index (χ0) is 17.4. The Morgan fingerprint density at radius 3 is 2.30 bits per heavy atom. The molecule has 0 aromatic carbocycles. The van der Waals surface area contributed by atoms with Crippen molar-refractivity contribution < 1.29 is 19.4 Å². The summed E-state index contributed by atoms with van der Waals surface area (Å²) in [5.74, 6) is 0.0636. The highest BCUT2D eigenvalue weighted by atomic mass is 16.6. The molecule has 1 aliphatic heterocycles. The number of hydrogen-bond donors (Lipinski definition) is 1. The molecule has 23 heavy (non-hydrogen) atoms. The van der Waals surface area contributed by atoms with Crippen LogP contribution in [0.25, 0.3) is 0 Å². The molecule has 0 aromatic rings. The van der Waals surface area contributed by atoms with Gasteiger partial charge >= 0.3 is 6.09 Å². The largest absolute Gasteiger partial charge is 0.443 e. The first-order chi connectivity index (χ1) is 10.6. The van der Waals surface area contributed by atoms with E-state index < -0.39 is 17.2 Å². The van der Waals surface area contributed by atoms with Gasteiger partial charge in [-0.05, 0) is 66.2 Å². The molecule has 0 atom stereocenters. The lowest BCUT2D eigenvalue weighted by molar-refractivity contribution is -0.129. The van der Waals surface area contributed by atoms with Gasteiger partial charge in [0.2, 0.25) is 0 Å². The van der Waals surface area contributed by atoms with Crippen molar-refractivity contribution in [3.8, 4) is 0 Å². The molecule has 2 fully saturated rings. The van der Waals surface area contributed by atoms with Crippen LogP contribution >= 0.6 is 0 Å². The molecular formula is C18H29NO4. The first kappa shape index (κ1) is 18.0. The van der Waals surface area contributed by atoms with E-state index in [1.54, 1.807) is 0 Å². The lowest BCUT2D eigenvalue weighted by Crippen LogP contribution is -2.52. The Hall–Kier alpha value is -1.36. The number of likely N-dealkylation sites (tertiary alicyclic amines) is 1. The Balaban J connectivity index is 2.33. The van der Waals surface area contributed by atoms with Crippen LogP contribution in [-0.2, 0) is 9.53 Å². The molecule has 1 aliphatic carbocycles. The molecule has 0 unspecified atom stereocenters. The van der Waals surface area contributed by atoms with E-state index in [1.165, 1.54) is 4.90 Å². The number of hydrogen-bond acceptors (Lipinski definition) is 4. The SMILES string of the molecule is CC(C)=C1C[C@]2(CC[C@@H](CO)CC2)N(C(=O)OC(C)(C)C)C1=O. The van der Waals surface area contributed by atoms with Gasteiger partial charge in [0.25, 0.3) is 5.91 Å². The van der Waals surface area contributed by atoms with Gasteiger partial charge in [0.1, 0.15) is 5.60 Å². The van der Waals surface area contributed by atoms with Gasteiger partial charge in [-0.15, -0.1) is 0 Å². The summed E-state index contributed by atoms with van der Waals surface area (Å²) in [6.45, 7) is 9.43. The van der Waals surface area contributed by atoms with Crippen LogP contribution in [0.2, 0.25) is 0 Å². The van der Waals surface area contributed by atoms with Crippen LogP contribution in [-0.4, -0.2) is 39.8 Å². The number of rotatable bonds is 1. The second kappa shape index (κ2) is 6.27. The van der Waals surface area contributed by atoms with Gasteiger partial charge in [-0.2, -0.15) is 0 Å². The molecule has 5 nitrogen and oxygen atoms in total. The molecule has 0 bridgehead atoms. The molecule has 1 N–H and O–H groups in total.